The molecule has 3 heterocycles. The first-order valence-corrected chi connectivity index (χ1v) is 32.3. The van der Waals surface area contributed by atoms with E-state index in [1.54, 1.807) is 0 Å². The van der Waals surface area contributed by atoms with E-state index in [0.29, 0.717) is 12.8 Å². The second-order valence-electron chi connectivity index (χ2n) is 23.6. The molecule has 12 N–H and O–H groups in total. The van der Waals surface area contributed by atoms with Crippen LogP contribution in [-0.4, -0.2) is 193 Å². The number of carbonyl (C=O) groups is 1. The Kier molecular flexibility index (Phi) is 41.2. The molecule has 0 spiro atoms. The normalized spacial score (nSPS) is 29.9. The number of carbonyl (C=O) groups excluding carboxylic acids is 1. The predicted octanol–water partition coefficient (Wildman–Crippen LogP) is 6.77. The van der Waals surface area contributed by atoms with E-state index >= 15 is 0 Å². The van der Waals surface area contributed by atoms with Gasteiger partial charge in [0.15, 0.2) is 18.9 Å². The van der Waals surface area contributed by atoms with Gasteiger partial charge in [0.1, 0.15) is 73.2 Å². The molecule has 17 atom stereocenters. The Balaban J connectivity index is 1.29. The smallest absolute Gasteiger partial charge is 0.220 e. The number of aliphatic hydroxyl groups is 11. The van der Waals surface area contributed by atoms with Gasteiger partial charge in [0.2, 0.25) is 5.91 Å². The van der Waals surface area contributed by atoms with Crippen molar-refractivity contribution in [3.05, 3.63) is 0 Å². The number of unbranched alkanes of at least 4 members (excludes halogenated alkanes) is 33. The summed E-state index contributed by atoms with van der Waals surface area (Å²) in [5, 5.41) is 120. The molecule has 80 heavy (non-hydrogen) atoms. The molecular weight excluding hydrogens is 1030 g/mol. The Morgan fingerprint density at radius 2 is 0.713 bits per heavy atom. The SMILES string of the molecule is CCCCCCCCCCCCCCCCCCCCCCCCCCCCCCCCC(=O)NC(COC1OC(CO)C(OC2OC(CO)C(OC3OC(CO)C(O)C(O)C3O)C(O)C2O)C(O)C1O)C(O)CCCCCCC. The lowest BCUT2D eigenvalue weighted by molar-refractivity contribution is -0.379. The van der Waals surface area contributed by atoms with Gasteiger partial charge in [-0.15, -0.1) is 0 Å². The third-order valence-electron chi connectivity index (χ3n) is 16.7. The molecule has 0 radical (unpaired) electrons. The van der Waals surface area contributed by atoms with Crippen molar-refractivity contribution in [1.82, 2.24) is 5.32 Å². The first-order chi connectivity index (χ1) is 38.8. The quantitative estimate of drug-likeness (QED) is 0.0280. The summed E-state index contributed by atoms with van der Waals surface area (Å²) in [5.74, 6) is -0.245. The second-order valence-corrected chi connectivity index (χ2v) is 23.6. The van der Waals surface area contributed by atoms with Crippen molar-refractivity contribution in [2.75, 3.05) is 26.4 Å². The minimum absolute atomic E-state index is 0.245. The number of aliphatic hydroxyl groups excluding tert-OH is 11. The molecule has 19 heteroatoms. The molecule has 0 aromatic rings. The van der Waals surface area contributed by atoms with Gasteiger partial charge in [0.05, 0.1) is 38.6 Å². The van der Waals surface area contributed by atoms with Gasteiger partial charge >= 0.3 is 0 Å². The summed E-state index contributed by atoms with van der Waals surface area (Å²) >= 11 is 0. The van der Waals surface area contributed by atoms with Gasteiger partial charge < -0.3 is 89.9 Å². The molecule has 3 aliphatic heterocycles. The Hall–Kier alpha value is -1.21. The number of rotatable bonds is 49. The van der Waals surface area contributed by atoms with Crippen LogP contribution in [0.5, 0.6) is 0 Å². The topological polar surface area (TPSA) is 307 Å². The lowest BCUT2D eigenvalue weighted by Crippen LogP contribution is -2.66. The van der Waals surface area contributed by atoms with Gasteiger partial charge in [0, 0.05) is 6.42 Å². The van der Waals surface area contributed by atoms with Gasteiger partial charge in [-0.3, -0.25) is 4.79 Å². The highest BCUT2D eigenvalue weighted by atomic mass is 16.8. The average molecular weight is 1150 g/mol. The van der Waals surface area contributed by atoms with Crippen LogP contribution in [0.25, 0.3) is 0 Å². The van der Waals surface area contributed by atoms with Gasteiger partial charge in [-0.25, -0.2) is 0 Å². The molecular formula is C61H117NO18. The zero-order chi connectivity index (χ0) is 58.3. The van der Waals surface area contributed by atoms with Crippen LogP contribution in [-0.2, 0) is 33.2 Å². The molecule has 474 valence electrons. The summed E-state index contributed by atoms with van der Waals surface area (Å²) in [6, 6.07) is -0.877. The monoisotopic (exact) mass is 1150 g/mol. The fraction of sp³-hybridized carbons (Fsp3) is 0.984. The largest absolute Gasteiger partial charge is 0.394 e. The van der Waals surface area contributed by atoms with E-state index in [9.17, 15) is 61.0 Å². The maximum Gasteiger partial charge on any atom is 0.220 e. The Morgan fingerprint density at radius 1 is 0.400 bits per heavy atom. The molecule has 0 aliphatic carbocycles. The fourth-order valence-corrected chi connectivity index (χ4v) is 11.4. The highest BCUT2D eigenvalue weighted by Gasteiger charge is 2.53. The highest BCUT2D eigenvalue weighted by molar-refractivity contribution is 5.76. The molecule has 0 saturated carbocycles. The van der Waals surface area contributed by atoms with Gasteiger partial charge in [-0.1, -0.05) is 232 Å². The fourth-order valence-electron chi connectivity index (χ4n) is 11.4. The van der Waals surface area contributed by atoms with Crippen LogP contribution < -0.4 is 5.32 Å². The van der Waals surface area contributed by atoms with Crippen molar-refractivity contribution in [2.24, 2.45) is 0 Å². The maximum absolute atomic E-state index is 13.2. The standard InChI is InChI=1S/C61H117NO18/c1-3-5-7-9-10-11-12-13-14-15-16-17-18-19-20-21-22-23-24-25-26-27-28-29-30-31-32-33-35-37-39-49(67)62-44(45(66)38-36-34-8-6-4-2)43-75-59-55(73)52(70)57(47(41-64)77-59)80-61-56(74)53(71)58(48(42-65)78-61)79-60-54(72)51(69)50(68)46(40-63)76-60/h44-48,50-61,63-66,68-74H,3-43H2,1-2H3,(H,62,67). The second kappa shape index (κ2) is 45.2. The molecule has 0 bridgehead atoms. The first kappa shape index (κ1) is 73.0. The molecule has 3 aliphatic rings. The van der Waals surface area contributed by atoms with Crippen LogP contribution in [0.3, 0.4) is 0 Å². The third kappa shape index (κ3) is 28.3. The number of ether oxygens (including phenoxy) is 6. The number of hydrogen-bond donors (Lipinski definition) is 12. The Labute approximate surface area is 481 Å². The van der Waals surface area contributed by atoms with E-state index in [1.165, 1.54) is 167 Å². The van der Waals surface area contributed by atoms with Crippen molar-refractivity contribution in [1.29, 1.82) is 0 Å². The van der Waals surface area contributed by atoms with E-state index in [4.69, 9.17) is 28.4 Å². The minimum Gasteiger partial charge on any atom is -0.394 e. The molecule has 3 rings (SSSR count). The van der Waals surface area contributed by atoms with Gasteiger partial charge in [0.25, 0.3) is 0 Å². The average Bonchev–Trinajstić information content (AvgIpc) is 3.57. The summed E-state index contributed by atoms with van der Waals surface area (Å²) in [6.45, 7) is 1.71. The van der Waals surface area contributed by atoms with E-state index in [1.807, 2.05) is 0 Å². The lowest BCUT2D eigenvalue weighted by atomic mass is 9.96. The minimum atomic E-state index is -1.97. The van der Waals surface area contributed by atoms with Crippen LogP contribution in [0.15, 0.2) is 0 Å². The summed E-state index contributed by atoms with van der Waals surface area (Å²) in [5.41, 5.74) is 0. The van der Waals surface area contributed by atoms with Crippen molar-refractivity contribution in [2.45, 2.75) is 356 Å². The molecule has 1 amide bonds. The van der Waals surface area contributed by atoms with E-state index in [2.05, 4.69) is 19.2 Å². The molecule has 17 unspecified atom stereocenters. The van der Waals surface area contributed by atoms with Crippen LogP contribution in [0.2, 0.25) is 0 Å². The van der Waals surface area contributed by atoms with Crippen molar-refractivity contribution in [3.63, 3.8) is 0 Å². The molecule has 19 nitrogen and oxygen atoms in total. The lowest BCUT2D eigenvalue weighted by Gasteiger charge is -2.48. The predicted molar refractivity (Wildman–Crippen MR) is 305 cm³/mol. The van der Waals surface area contributed by atoms with E-state index < -0.39 is 124 Å². The molecule has 3 fully saturated rings. The van der Waals surface area contributed by atoms with Gasteiger partial charge in [-0.2, -0.15) is 0 Å². The number of hydrogen-bond acceptors (Lipinski definition) is 18. The number of amides is 1. The zero-order valence-electron chi connectivity index (χ0n) is 49.6. The van der Waals surface area contributed by atoms with E-state index in [0.717, 1.165) is 51.4 Å². The molecule has 0 aromatic heterocycles. The van der Waals surface area contributed by atoms with Crippen molar-refractivity contribution < 1.29 is 89.4 Å². The van der Waals surface area contributed by atoms with Crippen LogP contribution in [0, 0.1) is 0 Å². The zero-order valence-corrected chi connectivity index (χ0v) is 49.6. The molecule has 0 aromatic carbocycles. The summed E-state index contributed by atoms with van der Waals surface area (Å²) < 4.78 is 34.2. The van der Waals surface area contributed by atoms with Crippen molar-refractivity contribution >= 4 is 5.91 Å². The number of nitrogens with one attached hydrogen (secondary N) is 1. The van der Waals surface area contributed by atoms with Crippen molar-refractivity contribution in [3.8, 4) is 0 Å². The summed E-state index contributed by atoms with van der Waals surface area (Å²) in [6.07, 6.45) is 18.7. The Morgan fingerprint density at radius 3 is 1.09 bits per heavy atom. The van der Waals surface area contributed by atoms with Crippen LogP contribution in [0.4, 0.5) is 0 Å². The molecule has 3 saturated heterocycles. The van der Waals surface area contributed by atoms with Crippen LogP contribution >= 0.6 is 0 Å². The highest BCUT2D eigenvalue weighted by Crippen LogP contribution is 2.33. The summed E-state index contributed by atoms with van der Waals surface area (Å²) in [7, 11) is 0. The third-order valence-corrected chi connectivity index (χ3v) is 16.7. The Bertz CT molecular complexity index is 1470. The maximum atomic E-state index is 13.2. The van der Waals surface area contributed by atoms with Crippen LogP contribution in [0.1, 0.15) is 251 Å². The first-order valence-electron chi connectivity index (χ1n) is 32.3. The van der Waals surface area contributed by atoms with E-state index in [-0.39, 0.29) is 18.9 Å². The van der Waals surface area contributed by atoms with Gasteiger partial charge in [-0.05, 0) is 12.8 Å². The summed E-state index contributed by atoms with van der Waals surface area (Å²) in [4.78, 5) is 13.2.